The Hall–Kier alpha value is -1.06. The molecule has 2 amide bonds. The number of hydrogen-bond acceptors (Lipinski definition) is 2. The van der Waals surface area contributed by atoms with Crippen LogP contribution in [0.1, 0.15) is 58.3 Å². The van der Waals surface area contributed by atoms with Gasteiger partial charge in [-0.25, -0.2) is 0 Å². The average molecular weight is 278 g/mol. The van der Waals surface area contributed by atoms with Gasteiger partial charge in [-0.1, -0.05) is 32.6 Å². The Balaban J connectivity index is 1.66. The number of piperazine rings is 1. The molecule has 1 heterocycles. The quantitative estimate of drug-likeness (QED) is 0.841. The summed E-state index contributed by atoms with van der Waals surface area (Å²) in [6.07, 6.45) is 8.72. The Labute approximate surface area is 121 Å². The lowest BCUT2D eigenvalue weighted by Gasteiger charge is -2.41. The molecule has 0 aromatic heterocycles. The van der Waals surface area contributed by atoms with E-state index in [1.165, 1.54) is 25.7 Å². The summed E-state index contributed by atoms with van der Waals surface area (Å²) >= 11 is 0. The molecule has 1 N–H and O–H groups in total. The fourth-order valence-electron chi connectivity index (χ4n) is 4.20. The van der Waals surface area contributed by atoms with E-state index in [1.54, 1.807) is 0 Å². The molecule has 20 heavy (non-hydrogen) atoms. The van der Waals surface area contributed by atoms with Gasteiger partial charge in [0.25, 0.3) is 0 Å². The molecule has 2 saturated carbocycles. The van der Waals surface area contributed by atoms with E-state index >= 15 is 0 Å². The molecule has 112 valence electrons. The Kier molecular flexibility index (Phi) is 3.74. The Morgan fingerprint density at radius 3 is 2.45 bits per heavy atom. The number of nitrogens with zero attached hydrogens (tertiary/aromatic N) is 1. The SMILES string of the molecule is CC1CCC(CN2CC(=O)NC3(CCCC3)C2=O)CC1. The molecule has 3 fully saturated rings. The van der Waals surface area contributed by atoms with Crippen LogP contribution < -0.4 is 5.32 Å². The van der Waals surface area contributed by atoms with Gasteiger partial charge in [-0.2, -0.15) is 0 Å². The minimum absolute atomic E-state index is 0.0377. The van der Waals surface area contributed by atoms with Crippen LogP contribution >= 0.6 is 0 Å². The van der Waals surface area contributed by atoms with Crippen LogP contribution in [0.5, 0.6) is 0 Å². The van der Waals surface area contributed by atoms with Gasteiger partial charge in [-0.05, 0) is 37.5 Å². The molecule has 3 aliphatic rings. The molecular weight excluding hydrogens is 252 g/mol. The highest BCUT2D eigenvalue weighted by atomic mass is 16.2. The fourth-order valence-corrected chi connectivity index (χ4v) is 4.20. The second-order valence-corrected chi connectivity index (χ2v) is 7.15. The van der Waals surface area contributed by atoms with E-state index < -0.39 is 5.54 Å². The third-order valence-corrected chi connectivity index (χ3v) is 5.48. The van der Waals surface area contributed by atoms with Gasteiger partial charge >= 0.3 is 0 Å². The zero-order valence-electron chi connectivity index (χ0n) is 12.5. The van der Waals surface area contributed by atoms with Crippen LogP contribution in [0, 0.1) is 11.8 Å². The van der Waals surface area contributed by atoms with Gasteiger partial charge in [-0.3, -0.25) is 9.59 Å². The number of carbonyl (C=O) groups excluding carboxylic acids is 2. The average Bonchev–Trinajstić information content (AvgIpc) is 2.87. The summed E-state index contributed by atoms with van der Waals surface area (Å²) in [6, 6.07) is 0. The standard InChI is InChI=1S/C16H26N2O2/c1-12-4-6-13(7-5-12)10-18-11-14(19)17-16(15(18)20)8-2-3-9-16/h12-13H,2-11H2,1H3,(H,17,19). The van der Waals surface area contributed by atoms with Crippen LogP contribution in [0.4, 0.5) is 0 Å². The molecule has 1 saturated heterocycles. The van der Waals surface area contributed by atoms with Crippen LogP contribution in [-0.4, -0.2) is 35.3 Å². The molecule has 3 rings (SSSR count). The topological polar surface area (TPSA) is 49.4 Å². The third-order valence-electron chi connectivity index (χ3n) is 5.48. The van der Waals surface area contributed by atoms with Crippen molar-refractivity contribution in [2.24, 2.45) is 11.8 Å². The molecule has 4 heteroatoms. The van der Waals surface area contributed by atoms with Gasteiger partial charge in [0.2, 0.25) is 11.8 Å². The van der Waals surface area contributed by atoms with E-state index in [1.807, 2.05) is 4.90 Å². The summed E-state index contributed by atoms with van der Waals surface area (Å²) < 4.78 is 0. The van der Waals surface area contributed by atoms with Crippen LogP contribution in [0.15, 0.2) is 0 Å². The first-order valence-electron chi connectivity index (χ1n) is 8.19. The molecule has 4 nitrogen and oxygen atoms in total. The number of hydrogen-bond donors (Lipinski definition) is 1. The molecule has 2 aliphatic carbocycles. The van der Waals surface area contributed by atoms with Crippen LogP contribution in [-0.2, 0) is 9.59 Å². The van der Waals surface area contributed by atoms with Gasteiger partial charge in [0.15, 0.2) is 0 Å². The zero-order chi connectivity index (χ0) is 14.2. The van der Waals surface area contributed by atoms with Gasteiger partial charge < -0.3 is 10.2 Å². The lowest BCUT2D eigenvalue weighted by atomic mass is 9.82. The van der Waals surface area contributed by atoms with Gasteiger partial charge in [-0.15, -0.1) is 0 Å². The van der Waals surface area contributed by atoms with Crippen LogP contribution in [0.3, 0.4) is 0 Å². The van der Waals surface area contributed by atoms with Crippen LogP contribution in [0.25, 0.3) is 0 Å². The summed E-state index contributed by atoms with van der Waals surface area (Å²) in [5.74, 6) is 1.65. The number of nitrogens with one attached hydrogen (secondary N) is 1. The first-order valence-corrected chi connectivity index (χ1v) is 8.19. The maximum absolute atomic E-state index is 12.7. The highest BCUT2D eigenvalue weighted by molar-refractivity contribution is 5.98. The van der Waals surface area contributed by atoms with Gasteiger partial charge in [0.05, 0.1) is 6.54 Å². The van der Waals surface area contributed by atoms with Crippen LogP contribution in [0.2, 0.25) is 0 Å². The van der Waals surface area contributed by atoms with Crippen molar-refractivity contribution in [1.29, 1.82) is 0 Å². The van der Waals surface area contributed by atoms with Crippen molar-refractivity contribution in [2.45, 2.75) is 63.8 Å². The molecule has 0 atom stereocenters. The van der Waals surface area contributed by atoms with Gasteiger partial charge in [0, 0.05) is 6.54 Å². The van der Waals surface area contributed by atoms with Gasteiger partial charge in [0.1, 0.15) is 5.54 Å². The van der Waals surface area contributed by atoms with E-state index in [2.05, 4.69) is 12.2 Å². The number of rotatable bonds is 2. The zero-order valence-corrected chi connectivity index (χ0v) is 12.5. The maximum Gasteiger partial charge on any atom is 0.248 e. The Morgan fingerprint density at radius 2 is 1.80 bits per heavy atom. The van der Waals surface area contributed by atoms with E-state index in [0.29, 0.717) is 5.92 Å². The molecule has 0 aromatic carbocycles. The first kappa shape index (κ1) is 13.9. The maximum atomic E-state index is 12.7. The second-order valence-electron chi connectivity index (χ2n) is 7.15. The normalized spacial score (nSPS) is 33.5. The lowest BCUT2D eigenvalue weighted by Crippen LogP contribution is -2.66. The second kappa shape index (κ2) is 5.38. The van der Waals surface area contributed by atoms with Crippen molar-refractivity contribution >= 4 is 11.8 Å². The minimum atomic E-state index is -0.544. The summed E-state index contributed by atoms with van der Waals surface area (Å²) in [5.41, 5.74) is -0.544. The highest BCUT2D eigenvalue weighted by Crippen LogP contribution is 2.35. The fraction of sp³-hybridized carbons (Fsp3) is 0.875. The summed E-state index contributed by atoms with van der Waals surface area (Å²) in [7, 11) is 0. The van der Waals surface area contributed by atoms with Crippen molar-refractivity contribution in [2.75, 3.05) is 13.1 Å². The predicted octanol–water partition coefficient (Wildman–Crippen LogP) is 2.08. The van der Waals surface area contributed by atoms with Crippen molar-refractivity contribution in [1.82, 2.24) is 10.2 Å². The monoisotopic (exact) mass is 278 g/mol. The van der Waals surface area contributed by atoms with E-state index in [4.69, 9.17) is 0 Å². The first-order chi connectivity index (χ1) is 9.59. The smallest absolute Gasteiger partial charge is 0.248 e. The minimum Gasteiger partial charge on any atom is -0.340 e. The molecule has 1 spiro atoms. The largest absolute Gasteiger partial charge is 0.340 e. The van der Waals surface area contributed by atoms with Crippen molar-refractivity contribution in [3.63, 3.8) is 0 Å². The molecular formula is C16H26N2O2. The molecule has 0 unspecified atom stereocenters. The van der Waals surface area contributed by atoms with E-state index in [0.717, 1.165) is 38.1 Å². The highest BCUT2D eigenvalue weighted by Gasteiger charge is 2.48. The Bertz CT molecular complexity index is 393. The Morgan fingerprint density at radius 1 is 1.15 bits per heavy atom. The van der Waals surface area contributed by atoms with Crippen molar-refractivity contribution in [3.05, 3.63) is 0 Å². The molecule has 0 aromatic rings. The predicted molar refractivity (Wildman–Crippen MR) is 77.0 cm³/mol. The molecule has 0 radical (unpaired) electrons. The van der Waals surface area contributed by atoms with E-state index in [9.17, 15) is 9.59 Å². The van der Waals surface area contributed by atoms with E-state index in [-0.39, 0.29) is 18.4 Å². The summed E-state index contributed by atoms with van der Waals surface area (Å²) in [5, 5.41) is 2.99. The summed E-state index contributed by atoms with van der Waals surface area (Å²) in [6.45, 7) is 3.37. The number of carbonyl (C=O) groups is 2. The molecule has 1 aliphatic heterocycles. The molecule has 0 bridgehead atoms. The lowest BCUT2D eigenvalue weighted by molar-refractivity contribution is -0.150. The third kappa shape index (κ3) is 2.57. The van der Waals surface area contributed by atoms with Crippen molar-refractivity contribution < 1.29 is 9.59 Å². The number of amides is 2. The van der Waals surface area contributed by atoms with Crippen molar-refractivity contribution in [3.8, 4) is 0 Å². The summed E-state index contributed by atoms with van der Waals surface area (Å²) in [4.78, 5) is 26.6.